The zero-order valence-corrected chi connectivity index (χ0v) is 12.1. The molecule has 0 heterocycles. The van der Waals surface area contributed by atoms with Crippen molar-refractivity contribution in [2.24, 2.45) is 0 Å². The molecule has 0 saturated heterocycles. The number of amides is 1. The maximum Gasteiger partial charge on any atom is 0.257 e. The average Bonchev–Trinajstić information content (AvgIpc) is 2.44. The second kappa shape index (κ2) is 6.45. The van der Waals surface area contributed by atoms with Crippen LogP contribution in [0.1, 0.15) is 17.3 Å². The zero-order valence-electron chi connectivity index (χ0n) is 11.3. The standard InChI is InChI=1S/C15H14ClFN2O2/c1-2-21-14-6-4-10(8-12(14)16)19-15(20)11-7-9(17)3-5-13(11)18/h3-8H,2,18H2,1H3,(H,19,20). The van der Waals surface area contributed by atoms with Crippen LogP contribution in [-0.2, 0) is 0 Å². The van der Waals surface area contributed by atoms with Crippen molar-refractivity contribution < 1.29 is 13.9 Å². The Kier molecular flexibility index (Phi) is 4.65. The summed E-state index contributed by atoms with van der Waals surface area (Å²) in [5.74, 6) is -0.506. The first kappa shape index (κ1) is 15.1. The molecule has 3 N–H and O–H groups in total. The molecule has 0 aliphatic carbocycles. The molecule has 21 heavy (non-hydrogen) atoms. The number of benzene rings is 2. The van der Waals surface area contributed by atoms with Crippen molar-refractivity contribution in [3.63, 3.8) is 0 Å². The minimum atomic E-state index is -0.529. The molecule has 110 valence electrons. The van der Waals surface area contributed by atoms with Crippen LogP contribution in [0.4, 0.5) is 15.8 Å². The van der Waals surface area contributed by atoms with Gasteiger partial charge < -0.3 is 15.8 Å². The van der Waals surface area contributed by atoms with E-state index in [2.05, 4.69) is 5.32 Å². The van der Waals surface area contributed by atoms with E-state index in [1.807, 2.05) is 6.92 Å². The second-order valence-electron chi connectivity index (χ2n) is 4.26. The predicted molar refractivity (Wildman–Crippen MR) is 81.4 cm³/mol. The van der Waals surface area contributed by atoms with Gasteiger partial charge in [-0.15, -0.1) is 0 Å². The number of carbonyl (C=O) groups is 1. The van der Waals surface area contributed by atoms with Gasteiger partial charge in [-0.25, -0.2) is 4.39 Å². The highest BCUT2D eigenvalue weighted by molar-refractivity contribution is 6.32. The van der Waals surface area contributed by atoms with Crippen LogP contribution in [0.5, 0.6) is 5.75 Å². The molecule has 0 aliphatic rings. The minimum absolute atomic E-state index is 0.0695. The van der Waals surface area contributed by atoms with Crippen molar-refractivity contribution >= 4 is 28.9 Å². The molecular formula is C15H14ClFN2O2. The van der Waals surface area contributed by atoms with E-state index in [0.717, 1.165) is 6.07 Å². The monoisotopic (exact) mass is 308 g/mol. The minimum Gasteiger partial charge on any atom is -0.492 e. The first-order chi connectivity index (χ1) is 10.0. The van der Waals surface area contributed by atoms with Gasteiger partial charge in [0, 0.05) is 11.4 Å². The molecule has 4 nitrogen and oxygen atoms in total. The van der Waals surface area contributed by atoms with Crippen molar-refractivity contribution in [2.45, 2.75) is 6.92 Å². The Labute approximate surface area is 126 Å². The lowest BCUT2D eigenvalue weighted by atomic mass is 10.1. The number of rotatable bonds is 4. The van der Waals surface area contributed by atoms with Crippen molar-refractivity contribution in [2.75, 3.05) is 17.7 Å². The second-order valence-corrected chi connectivity index (χ2v) is 4.67. The van der Waals surface area contributed by atoms with Gasteiger partial charge in [-0.05, 0) is 43.3 Å². The number of hydrogen-bond acceptors (Lipinski definition) is 3. The van der Waals surface area contributed by atoms with Crippen LogP contribution in [0.15, 0.2) is 36.4 Å². The quantitative estimate of drug-likeness (QED) is 0.846. The molecule has 0 spiro atoms. The van der Waals surface area contributed by atoms with Crippen LogP contribution in [0.3, 0.4) is 0 Å². The molecule has 0 aliphatic heterocycles. The van der Waals surface area contributed by atoms with Gasteiger partial charge in [0.15, 0.2) is 0 Å². The third-order valence-corrected chi connectivity index (χ3v) is 3.04. The summed E-state index contributed by atoms with van der Waals surface area (Å²) in [5.41, 5.74) is 6.40. The number of carbonyl (C=O) groups excluding carboxylic acids is 1. The summed E-state index contributed by atoms with van der Waals surface area (Å²) >= 11 is 6.03. The van der Waals surface area contributed by atoms with Gasteiger partial charge in [-0.3, -0.25) is 4.79 Å². The number of nitrogen functional groups attached to an aromatic ring is 1. The van der Waals surface area contributed by atoms with Gasteiger partial charge in [0.2, 0.25) is 0 Å². The maximum atomic E-state index is 13.2. The molecule has 0 saturated carbocycles. The number of ether oxygens (including phenoxy) is 1. The van der Waals surface area contributed by atoms with E-state index in [1.165, 1.54) is 12.1 Å². The van der Waals surface area contributed by atoms with E-state index < -0.39 is 11.7 Å². The zero-order chi connectivity index (χ0) is 15.4. The van der Waals surface area contributed by atoms with E-state index in [1.54, 1.807) is 18.2 Å². The third-order valence-electron chi connectivity index (χ3n) is 2.75. The normalized spacial score (nSPS) is 10.2. The fourth-order valence-electron chi connectivity index (χ4n) is 1.77. The van der Waals surface area contributed by atoms with E-state index in [-0.39, 0.29) is 11.3 Å². The number of anilines is 2. The van der Waals surface area contributed by atoms with Crippen molar-refractivity contribution in [3.05, 3.63) is 52.8 Å². The Balaban J connectivity index is 2.19. The van der Waals surface area contributed by atoms with Crippen LogP contribution >= 0.6 is 11.6 Å². The first-order valence-electron chi connectivity index (χ1n) is 6.30. The van der Waals surface area contributed by atoms with Crippen molar-refractivity contribution in [3.8, 4) is 5.75 Å². The highest BCUT2D eigenvalue weighted by Gasteiger charge is 2.12. The Hall–Kier alpha value is -2.27. The lowest BCUT2D eigenvalue weighted by Gasteiger charge is -2.10. The Morgan fingerprint density at radius 3 is 2.76 bits per heavy atom. The Bertz CT molecular complexity index is 677. The molecule has 0 radical (unpaired) electrons. The fourth-order valence-corrected chi connectivity index (χ4v) is 2.01. The summed E-state index contributed by atoms with van der Waals surface area (Å²) < 4.78 is 18.5. The molecule has 2 aromatic carbocycles. The fraction of sp³-hybridized carbons (Fsp3) is 0.133. The topological polar surface area (TPSA) is 64.3 Å². The largest absolute Gasteiger partial charge is 0.492 e. The average molecular weight is 309 g/mol. The predicted octanol–water partition coefficient (Wildman–Crippen LogP) is 3.71. The molecule has 6 heteroatoms. The molecule has 0 atom stereocenters. The van der Waals surface area contributed by atoms with Crippen LogP contribution < -0.4 is 15.8 Å². The number of hydrogen-bond donors (Lipinski definition) is 2. The van der Waals surface area contributed by atoms with Gasteiger partial charge in [0.25, 0.3) is 5.91 Å². The van der Waals surface area contributed by atoms with Gasteiger partial charge in [-0.2, -0.15) is 0 Å². The van der Waals surface area contributed by atoms with E-state index in [4.69, 9.17) is 22.1 Å². The smallest absolute Gasteiger partial charge is 0.257 e. The third kappa shape index (κ3) is 3.64. The molecule has 0 unspecified atom stereocenters. The summed E-state index contributed by atoms with van der Waals surface area (Å²) in [6, 6.07) is 8.47. The van der Waals surface area contributed by atoms with Gasteiger partial charge in [-0.1, -0.05) is 11.6 Å². The van der Waals surface area contributed by atoms with E-state index in [0.29, 0.717) is 23.1 Å². The molecular weight excluding hydrogens is 295 g/mol. The molecule has 0 aromatic heterocycles. The summed E-state index contributed by atoms with van der Waals surface area (Å²) in [5, 5.41) is 2.99. The molecule has 1 amide bonds. The SMILES string of the molecule is CCOc1ccc(NC(=O)c2cc(F)ccc2N)cc1Cl. The maximum absolute atomic E-state index is 13.2. The Morgan fingerprint density at radius 2 is 2.10 bits per heavy atom. The highest BCUT2D eigenvalue weighted by Crippen LogP contribution is 2.28. The summed E-state index contributed by atoms with van der Waals surface area (Å²) in [6.07, 6.45) is 0. The van der Waals surface area contributed by atoms with Gasteiger partial charge >= 0.3 is 0 Å². The number of nitrogens with two attached hydrogens (primary N) is 1. The van der Waals surface area contributed by atoms with Crippen LogP contribution in [0, 0.1) is 5.82 Å². The van der Waals surface area contributed by atoms with E-state index in [9.17, 15) is 9.18 Å². The summed E-state index contributed by atoms with van der Waals surface area (Å²) in [7, 11) is 0. The number of halogens is 2. The van der Waals surface area contributed by atoms with Crippen molar-refractivity contribution in [1.82, 2.24) is 0 Å². The van der Waals surface area contributed by atoms with Crippen LogP contribution in [0.2, 0.25) is 5.02 Å². The lowest BCUT2D eigenvalue weighted by Crippen LogP contribution is -2.14. The highest BCUT2D eigenvalue weighted by atomic mass is 35.5. The summed E-state index contributed by atoms with van der Waals surface area (Å²) in [4.78, 5) is 12.1. The Morgan fingerprint density at radius 1 is 1.33 bits per heavy atom. The van der Waals surface area contributed by atoms with Crippen LogP contribution in [-0.4, -0.2) is 12.5 Å². The van der Waals surface area contributed by atoms with E-state index >= 15 is 0 Å². The molecule has 2 rings (SSSR count). The van der Waals surface area contributed by atoms with Gasteiger partial charge in [0.1, 0.15) is 11.6 Å². The van der Waals surface area contributed by atoms with Crippen LogP contribution in [0.25, 0.3) is 0 Å². The first-order valence-corrected chi connectivity index (χ1v) is 6.67. The number of nitrogens with one attached hydrogen (secondary N) is 1. The molecule has 0 bridgehead atoms. The van der Waals surface area contributed by atoms with Crippen molar-refractivity contribution in [1.29, 1.82) is 0 Å². The molecule has 0 fully saturated rings. The molecule has 2 aromatic rings. The lowest BCUT2D eigenvalue weighted by molar-refractivity contribution is 0.102. The summed E-state index contributed by atoms with van der Waals surface area (Å²) in [6.45, 7) is 2.34. The van der Waals surface area contributed by atoms with Gasteiger partial charge in [0.05, 0.1) is 17.2 Å².